The molecule has 0 bridgehead atoms. The highest BCUT2D eigenvalue weighted by Gasteiger charge is 2.33. The second kappa shape index (κ2) is 7.88. The molecule has 0 N–H and O–H groups in total. The Morgan fingerprint density at radius 1 is 1.03 bits per heavy atom. The average Bonchev–Trinajstić information content (AvgIpc) is 2.75. The fraction of sp³-hybridized carbons (Fsp3) is 0.130. The number of nitro benzene ring substituents is 1. The molecule has 158 valence electrons. The van der Waals surface area contributed by atoms with Crippen molar-refractivity contribution >= 4 is 27.5 Å². The molecule has 7 nitrogen and oxygen atoms in total. The van der Waals surface area contributed by atoms with Gasteiger partial charge in [-0.05, 0) is 61.4 Å². The molecule has 0 fully saturated rings. The number of hydrogen-bond donors (Lipinski definition) is 0. The summed E-state index contributed by atoms with van der Waals surface area (Å²) in [5, 5.41) is 11.0. The van der Waals surface area contributed by atoms with Crippen molar-refractivity contribution in [2.75, 3.05) is 10.9 Å². The first-order chi connectivity index (χ1) is 14.8. The van der Waals surface area contributed by atoms with Crippen molar-refractivity contribution in [1.82, 2.24) is 0 Å². The van der Waals surface area contributed by atoms with Crippen LogP contribution in [-0.2, 0) is 10.0 Å². The van der Waals surface area contributed by atoms with Crippen molar-refractivity contribution in [2.45, 2.75) is 18.7 Å². The van der Waals surface area contributed by atoms with Gasteiger partial charge >= 0.3 is 0 Å². The molecule has 3 aromatic carbocycles. The van der Waals surface area contributed by atoms with Crippen LogP contribution >= 0.6 is 0 Å². The molecule has 0 aliphatic carbocycles. The number of ether oxygens (including phenoxy) is 1. The maximum Gasteiger partial charge on any atom is 0.269 e. The van der Waals surface area contributed by atoms with Crippen LogP contribution in [-0.4, -0.2) is 19.9 Å². The second-order valence-electron chi connectivity index (χ2n) is 7.27. The Balaban J connectivity index is 1.87. The SMILES string of the molecule is Cc1ccc(S(=O)(=O)N2/C(=C/c3ccc([N+](=O)[O-])cc3C)COc3ccccc32)cc1. The van der Waals surface area contributed by atoms with Crippen molar-refractivity contribution in [1.29, 1.82) is 0 Å². The molecule has 0 aromatic heterocycles. The van der Waals surface area contributed by atoms with Crippen molar-refractivity contribution < 1.29 is 18.1 Å². The summed E-state index contributed by atoms with van der Waals surface area (Å²) >= 11 is 0. The van der Waals surface area contributed by atoms with E-state index >= 15 is 0 Å². The number of non-ortho nitro benzene ring substituents is 1. The lowest BCUT2D eigenvalue weighted by atomic mass is 10.1. The quantitative estimate of drug-likeness (QED) is 0.431. The van der Waals surface area contributed by atoms with E-state index in [0.29, 0.717) is 28.3 Å². The number of para-hydroxylation sites is 2. The molecule has 0 saturated carbocycles. The van der Waals surface area contributed by atoms with Crippen LogP contribution in [0, 0.1) is 24.0 Å². The van der Waals surface area contributed by atoms with Crippen molar-refractivity contribution in [3.63, 3.8) is 0 Å². The van der Waals surface area contributed by atoms with Gasteiger partial charge < -0.3 is 4.74 Å². The number of benzene rings is 3. The summed E-state index contributed by atoms with van der Waals surface area (Å²) < 4.78 is 34.4. The van der Waals surface area contributed by atoms with E-state index in [2.05, 4.69) is 0 Å². The van der Waals surface area contributed by atoms with E-state index in [9.17, 15) is 18.5 Å². The Morgan fingerprint density at radius 2 is 1.74 bits per heavy atom. The van der Waals surface area contributed by atoms with Crippen LogP contribution in [0.5, 0.6) is 5.75 Å². The Morgan fingerprint density at radius 3 is 2.42 bits per heavy atom. The zero-order valence-corrected chi connectivity index (χ0v) is 17.8. The lowest BCUT2D eigenvalue weighted by molar-refractivity contribution is -0.384. The third kappa shape index (κ3) is 3.89. The Hall–Kier alpha value is -3.65. The first-order valence-corrected chi connectivity index (χ1v) is 11.0. The molecule has 3 aromatic rings. The van der Waals surface area contributed by atoms with Crippen LogP contribution in [0.15, 0.2) is 77.3 Å². The summed E-state index contributed by atoms with van der Waals surface area (Å²) in [6, 6.07) is 18.1. The van der Waals surface area contributed by atoms with E-state index in [4.69, 9.17) is 4.74 Å². The number of fused-ring (bicyclic) bond motifs is 1. The first-order valence-electron chi connectivity index (χ1n) is 9.57. The first kappa shape index (κ1) is 20.6. The largest absolute Gasteiger partial charge is 0.485 e. The highest BCUT2D eigenvalue weighted by Crippen LogP contribution is 2.39. The van der Waals surface area contributed by atoms with Crippen LogP contribution in [0.1, 0.15) is 16.7 Å². The monoisotopic (exact) mass is 436 g/mol. The summed E-state index contributed by atoms with van der Waals surface area (Å²) in [7, 11) is -3.92. The smallest absolute Gasteiger partial charge is 0.269 e. The fourth-order valence-corrected chi connectivity index (χ4v) is 4.94. The van der Waals surface area contributed by atoms with E-state index in [1.807, 2.05) is 6.92 Å². The minimum atomic E-state index is -3.92. The molecule has 0 atom stereocenters. The minimum Gasteiger partial charge on any atom is -0.485 e. The van der Waals surface area contributed by atoms with Gasteiger partial charge in [-0.25, -0.2) is 12.7 Å². The van der Waals surface area contributed by atoms with Gasteiger partial charge in [0.25, 0.3) is 15.7 Å². The summed E-state index contributed by atoms with van der Waals surface area (Å²) in [6.45, 7) is 3.68. The average molecular weight is 436 g/mol. The molecule has 31 heavy (non-hydrogen) atoms. The van der Waals surface area contributed by atoms with E-state index < -0.39 is 14.9 Å². The highest BCUT2D eigenvalue weighted by atomic mass is 32.2. The van der Waals surface area contributed by atoms with Crippen molar-refractivity contribution in [3.8, 4) is 5.75 Å². The molecule has 0 amide bonds. The molecule has 0 spiro atoms. The number of aryl methyl sites for hydroxylation is 2. The van der Waals surface area contributed by atoms with Crippen molar-refractivity contribution in [3.05, 3.63) is 99.2 Å². The van der Waals surface area contributed by atoms with Gasteiger partial charge in [0.15, 0.2) is 0 Å². The van der Waals surface area contributed by atoms with Gasteiger partial charge in [0.2, 0.25) is 0 Å². The molecule has 1 aliphatic heterocycles. The number of nitro groups is 1. The van der Waals surface area contributed by atoms with E-state index in [1.165, 1.54) is 16.4 Å². The minimum absolute atomic E-state index is 0.0194. The van der Waals surface area contributed by atoms with Gasteiger partial charge in [0, 0.05) is 12.1 Å². The van der Waals surface area contributed by atoms with Gasteiger partial charge in [-0.2, -0.15) is 0 Å². The topological polar surface area (TPSA) is 89.8 Å². The summed E-state index contributed by atoms with van der Waals surface area (Å²) in [6.07, 6.45) is 1.70. The Labute approximate surface area is 180 Å². The van der Waals surface area contributed by atoms with Crippen LogP contribution in [0.3, 0.4) is 0 Å². The number of nitrogens with zero attached hydrogens (tertiary/aromatic N) is 2. The van der Waals surface area contributed by atoms with Gasteiger partial charge in [0.1, 0.15) is 12.4 Å². The number of sulfonamides is 1. The van der Waals surface area contributed by atoms with E-state index in [0.717, 1.165) is 5.56 Å². The van der Waals surface area contributed by atoms with Crippen LogP contribution in [0.2, 0.25) is 0 Å². The normalized spacial score (nSPS) is 14.8. The lowest BCUT2D eigenvalue weighted by Crippen LogP contribution is -2.36. The molecular weight excluding hydrogens is 416 g/mol. The van der Waals surface area contributed by atoms with Gasteiger partial charge in [0.05, 0.1) is 21.2 Å². The lowest BCUT2D eigenvalue weighted by Gasteiger charge is -2.32. The van der Waals surface area contributed by atoms with E-state index in [-0.39, 0.29) is 17.2 Å². The highest BCUT2D eigenvalue weighted by molar-refractivity contribution is 7.93. The fourth-order valence-electron chi connectivity index (χ4n) is 3.43. The zero-order valence-electron chi connectivity index (χ0n) is 17.0. The maximum absolute atomic E-state index is 13.6. The van der Waals surface area contributed by atoms with E-state index in [1.54, 1.807) is 67.6 Å². The molecule has 1 aliphatic rings. The van der Waals surface area contributed by atoms with Crippen LogP contribution in [0.4, 0.5) is 11.4 Å². The summed E-state index contributed by atoms with van der Waals surface area (Å²) in [4.78, 5) is 10.7. The number of rotatable bonds is 4. The Kier molecular flexibility index (Phi) is 5.24. The Bertz CT molecular complexity index is 1300. The second-order valence-corrected chi connectivity index (χ2v) is 9.06. The van der Waals surface area contributed by atoms with Gasteiger partial charge in [-0.3, -0.25) is 10.1 Å². The van der Waals surface area contributed by atoms with Crippen molar-refractivity contribution in [2.24, 2.45) is 0 Å². The standard InChI is InChI=1S/C23H20N2O5S/c1-16-7-11-21(12-8-16)31(28,29)24-20(15-30-23-6-4-3-5-22(23)24)14-18-9-10-19(25(26)27)13-17(18)2/h3-14H,15H2,1-2H3/b20-14+. The third-order valence-electron chi connectivity index (χ3n) is 5.07. The zero-order chi connectivity index (χ0) is 22.2. The molecule has 0 radical (unpaired) electrons. The molecule has 0 saturated heterocycles. The number of anilines is 1. The molecule has 4 rings (SSSR count). The molecule has 8 heteroatoms. The molecular formula is C23H20N2O5S. The molecule has 0 unspecified atom stereocenters. The predicted octanol–water partition coefficient (Wildman–Crippen LogP) is 4.84. The number of hydrogen-bond acceptors (Lipinski definition) is 5. The molecule has 1 heterocycles. The summed E-state index contributed by atoms with van der Waals surface area (Å²) in [5.74, 6) is 0.468. The maximum atomic E-state index is 13.6. The summed E-state index contributed by atoms with van der Waals surface area (Å²) in [5.41, 5.74) is 3.10. The van der Waals surface area contributed by atoms with Crippen LogP contribution < -0.4 is 9.04 Å². The third-order valence-corrected chi connectivity index (χ3v) is 6.85. The van der Waals surface area contributed by atoms with Gasteiger partial charge in [-0.15, -0.1) is 0 Å². The van der Waals surface area contributed by atoms with Gasteiger partial charge in [-0.1, -0.05) is 29.8 Å². The predicted molar refractivity (Wildman–Crippen MR) is 119 cm³/mol. The van der Waals surface area contributed by atoms with Crippen LogP contribution in [0.25, 0.3) is 6.08 Å².